The number of halogens is 1. The molecule has 5 nitrogen and oxygen atoms in total. The lowest BCUT2D eigenvalue weighted by molar-refractivity contribution is -0.141. The number of hydrogen-bond donors (Lipinski definition) is 2. The van der Waals surface area contributed by atoms with E-state index in [0.29, 0.717) is 23.0 Å². The highest BCUT2D eigenvalue weighted by Gasteiger charge is 2.35. The standard InChI is InChI=1S/C13H15BrN2O3/c1-7-9(13(18)19)4-5-16(7)8-2-3-10(12(15)17)11(14)6-8/h2-3,6-7,9H,4-5H2,1H3,(H2,15,17)(H,18,19). The number of hydrogen-bond acceptors (Lipinski definition) is 3. The van der Waals surface area contributed by atoms with Crippen LogP contribution in [-0.4, -0.2) is 29.6 Å². The van der Waals surface area contributed by atoms with Crippen LogP contribution in [0.4, 0.5) is 5.69 Å². The van der Waals surface area contributed by atoms with Gasteiger partial charge in [0.15, 0.2) is 0 Å². The molecule has 1 aromatic carbocycles. The van der Waals surface area contributed by atoms with Crippen LogP contribution in [0, 0.1) is 5.92 Å². The second-order valence-corrected chi connectivity index (χ2v) is 5.55. The number of nitrogens with two attached hydrogens (primary N) is 1. The molecule has 1 amide bonds. The molecule has 2 unspecified atom stereocenters. The van der Waals surface area contributed by atoms with Gasteiger partial charge in [0.2, 0.25) is 5.91 Å². The molecule has 1 aliphatic heterocycles. The molecule has 2 rings (SSSR count). The molecular formula is C13H15BrN2O3. The lowest BCUT2D eigenvalue weighted by Gasteiger charge is -2.25. The molecule has 1 aromatic rings. The highest BCUT2D eigenvalue weighted by atomic mass is 79.9. The van der Waals surface area contributed by atoms with E-state index < -0.39 is 11.9 Å². The second kappa shape index (κ2) is 5.21. The first kappa shape index (κ1) is 13.9. The maximum absolute atomic E-state index is 11.2. The molecule has 2 atom stereocenters. The number of carbonyl (C=O) groups is 2. The number of nitrogens with zero attached hydrogens (tertiary/aromatic N) is 1. The Kier molecular flexibility index (Phi) is 3.80. The quantitative estimate of drug-likeness (QED) is 0.887. The number of carbonyl (C=O) groups excluding carboxylic acids is 1. The normalized spacial score (nSPS) is 22.5. The molecule has 19 heavy (non-hydrogen) atoms. The van der Waals surface area contributed by atoms with E-state index in [-0.39, 0.29) is 12.0 Å². The molecular weight excluding hydrogens is 312 g/mol. The van der Waals surface area contributed by atoms with Gasteiger partial charge in [-0.15, -0.1) is 0 Å². The van der Waals surface area contributed by atoms with Gasteiger partial charge in [-0.1, -0.05) is 0 Å². The molecule has 0 aliphatic carbocycles. The molecule has 0 bridgehead atoms. The average molecular weight is 327 g/mol. The number of carboxylic acids is 1. The fourth-order valence-electron chi connectivity index (χ4n) is 2.52. The van der Waals surface area contributed by atoms with Crippen LogP contribution in [0.3, 0.4) is 0 Å². The predicted octanol–water partition coefficient (Wildman–Crippen LogP) is 1.85. The first-order chi connectivity index (χ1) is 8.91. The van der Waals surface area contributed by atoms with E-state index in [0.717, 1.165) is 5.69 Å². The number of carboxylic acid groups (broad SMARTS) is 1. The fraction of sp³-hybridized carbons (Fsp3) is 0.385. The van der Waals surface area contributed by atoms with Crippen molar-refractivity contribution in [1.29, 1.82) is 0 Å². The van der Waals surface area contributed by atoms with Crippen molar-refractivity contribution in [3.63, 3.8) is 0 Å². The maximum Gasteiger partial charge on any atom is 0.308 e. The van der Waals surface area contributed by atoms with Gasteiger partial charge in [-0.05, 0) is 47.5 Å². The summed E-state index contributed by atoms with van der Waals surface area (Å²) in [5.74, 6) is -1.60. The minimum atomic E-state index is -0.761. The highest BCUT2D eigenvalue weighted by Crippen LogP contribution is 2.32. The van der Waals surface area contributed by atoms with Gasteiger partial charge in [0.1, 0.15) is 0 Å². The molecule has 6 heteroatoms. The Balaban J connectivity index is 2.27. The lowest BCUT2D eigenvalue weighted by Crippen LogP contribution is -2.32. The fourth-order valence-corrected chi connectivity index (χ4v) is 3.08. The summed E-state index contributed by atoms with van der Waals surface area (Å²) in [6.07, 6.45) is 0.631. The SMILES string of the molecule is CC1C(C(=O)O)CCN1c1ccc(C(N)=O)c(Br)c1. The molecule has 0 saturated carbocycles. The van der Waals surface area contributed by atoms with E-state index >= 15 is 0 Å². The van der Waals surface area contributed by atoms with Crippen LogP contribution in [-0.2, 0) is 4.79 Å². The summed E-state index contributed by atoms with van der Waals surface area (Å²) in [6, 6.07) is 5.19. The van der Waals surface area contributed by atoms with E-state index in [9.17, 15) is 9.59 Å². The highest BCUT2D eigenvalue weighted by molar-refractivity contribution is 9.10. The van der Waals surface area contributed by atoms with Gasteiger partial charge in [0.25, 0.3) is 0 Å². The van der Waals surface area contributed by atoms with Crippen LogP contribution in [0.15, 0.2) is 22.7 Å². The number of primary amides is 1. The van der Waals surface area contributed by atoms with E-state index in [1.807, 2.05) is 11.8 Å². The zero-order valence-electron chi connectivity index (χ0n) is 10.5. The van der Waals surface area contributed by atoms with Crippen molar-refractivity contribution >= 4 is 33.5 Å². The van der Waals surface area contributed by atoms with E-state index in [1.165, 1.54) is 0 Å². The first-order valence-electron chi connectivity index (χ1n) is 6.00. The molecule has 0 aromatic heterocycles. The number of aliphatic carboxylic acids is 1. The van der Waals surface area contributed by atoms with E-state index in [1.54, 1.807) is 18.2 Å². The van der Waals surface area contributed by atoms with Gasteiger partial charge in [0, 0.05) is 22.7 Å². The number of anilines is 1. The zero-order chi connectivity index (χ0) is 14.2. The Bertz CT molecular complexity index is 533. The molecule has 1 aliphatic rings. The number of benzene rings is 1. The molecule has 1 saturated heterocycles. The van der Waals surface area contributed by atoms with Gasteiger partial charge in [-0.3, -0.25) is 9.59 Å². The van der Waals surface area contributed by atoms with Crippen LogP contribution in [0.5, 0.6) is 0 Å². The molecule has 102 valence electrons. The van der Waals surface area contributed by atoms with Crippen molar-refractivity contribution in [3.05, 3.63) is 28.2 Å². The smallest absolute Gasteiger partial charge is 0.308 e. The molecule has 0 radical (unpaired) electrons. The Hall–Kier alpha value is -1.56. The second-order valence-electron chi connectivity index (χ2n) is 4.70. The summed E-state index contributed by atoms with van der Waals surface area (Å²) in [7, 11) is 0. The third-order valence-corrected chi connectivity index (χ3v) is 4.28. The summed E-state index contributed by atoms with van der Waals surface area (Å²) >= 11 is 3.31. The van der Waals surface area contributed by atoms with Gasteiger partial charge >= 0.3 is 5.97 Å². The molecule has 3 N–H and O–H groups in total. The molecule has 1 heterocycles. The van der Waals surface area contributed by atoms with Crippen molar-refractivity contribution in [3.8, 4) is 0 Å². The van der Waals surface area contributed by atoms with Gasteiger partial charge in [-0.2, -0.15) is 0 Å². The minimum absolute atomic E-state index is 0.0659. The van der Waals surface area contributed by atoms with Crippen molar-refractivity contribution < 1.29 is 14.7 Å². The Morgan fingerprint density at radius 2 is 2.16 bits per heavy atom. The summed E-state index contributed by atoms with van der Waals surface area (Å²) in [5.41, 5.74) is 6.57. The third-order valence-electron chi connectivity index (χ3n) is 3.62. The van der Waals surface area contributed by atoms with Crippen LogP contribution in [0.2, 0.25) is 0 Å². The number of rotatable bonds is 3. The zero-order valence-corrected chi connectivity index (χ0v) is 12.1. The van der Waals surface area contributed by atoms with Crippen LogP contribution in [0.25, 0.3) is 0 Å². The predicted molar refractivity (Wildman–Crippen MR) is 75.2 cm³/mol. The third kappa shape index (κ3) is 2.58. The summed E-state index contributed by atoms with van der Waals surface area (Å²) in [6.45, 7) is 2.60. The summed E-state index contributed by atoms with van der Waals surface area (Å²) < 4.78 is 0.628. The molecule has 1 fully saturated rings. The Labute approximate surface area is 119 Å². The van der Waals surface area contributed by atoms with Crippen molar-refractivity contribution in [2.24, 2.45) is 11.7 Å². The average Bonchev–Trinajstić information content (AvgIpc) is 2.70. The van der Waals surface area contributed by atoms with Gasteiger partial charge < -0.3 is 15.7 Å². The molecule has 0 spiro atoms. The number of amides is 1. The van der Waals surface area contributed by atoms with Gasteiger partial charge in [-0.25, -0.2) is 0 Å². The monoisotopic (exact) mass is 326 g/mol. The topological polar surface area (TPSA) is 83.6 Å². The van der Waals surface area contributed by atoms with Gasteiger partial charge in [0.05, 0.1) is 11.5 Å². The van der Waals surface area contributed by atoms with Crippen LogP contribution >= 0.6 is 15.9 Å². The summed E-state index contributed by atoms with van der Waals surface area (Å²) in [5, 5.41) is 9.12. The van der Waals surface area contributed by atoms with E-state index in [4.69, 9.17) is 10.8 Å². The minimum Gasteiger partial charge on any atom is -0.481 e. The Morgan fingerprint density at radius 1 is 1.47 bits per heavy atom. The summed E-state index contributed by atoms with van der Waals surface area (Å²) in [4.78, 5) is 24.3. The Morgan fingerprint density at radius 3 is 2.63 bits per heavy atom. The van der Waals surface area contributed by atoms with E-state index in [2.05, 4.69) is 15.9 Å². The van der Waals surface area contributed by atoms with Crippen LogP contribution in [0.1, 0.15) is 23.7 Å². The maximum atomic E-state index is 11.2. The van der Waals surface area contributed by atoms with Crippen molar-refractivity contribution in [2.45, 2.75) is 19.4 Å². The van der Waals surface area contributed by atoms with Crippen molar-refractivity contribution in [1.82, 2.24) is 0 Å². The van der Waals surface area contributed by atoms with Crippen molar-refractivity contribution in [2.75, 3.05) is 11.4 Å². The largest absolute Gasteiger partial charge is 0.481 e. The van der Waals surface area contributed by atoms with Crippen LogP contribution < -0.4 is 10.6 Å². The lowest BCUT2D eigenvalue weighted by atomic mass is 10.0. The first-order valence-corrected chi connectivity index (χ1v) is 6.80.